The van der Waals surface area contributed by atoms with Gasteiger partial charge in [0.25, 0.3) is 0 Å². The average Bonchev–Trinajstić information content (AvgIpc) is 2.88. The van der Waals surface area contributed by atoms with Crippen LogP contribution in [0.4, 0.5) is 9.59 Å². The van der Waals surface area contributed by atoms with E-state index in [0.717, 1.165) is 0 Å². The SMILES string of the molecule is CCC(C)(C)OC(=O)Oc1ccc(C[C@H](N)C(=O)O[C@@H](C)[C@H](C)OC(=O)CCC(C)C)cc1OC(=O)OC(C)(C)CC. The van der Waals surface area contributed by atoms with E-state index in [0.29, 0.717) is 30.7 Å². The number of carbonyl (C=O) groups excluding carboxylic acids is 4. The fraction of sp³-hybridized carbons (Fsp3) is 0.677. The van der Waals surface area contributed by atoms with Crippen LogP contribution in [0.1, 0.15) is 100 Å². The molecule has 0 unspecified atom stereocenters. The van der Waals surface area contributed by atoms with Crippen LogP contribution < -0.4 is 15.2 Å². The van der Waals surface area contributed by atoms with Crippen LogP contribution in [0.5, 0.6) is 11.5 Å². The van der Waals surface area contributed by atoms with Crippen molar-refractivity contribution in [2.45, 2.75) is 131 Å². The Morgan fingerprint density at radius 1 is 0.786 bits per heavy atom. The minimum absolute atomic E-state index is 0.00750. The molecule has 238 valence electrons. The molecule has 1 aromatic rings. The third-order valence-electron chi connectivity index (χ3n) is 6.78. The Morgan fingerprint density at radius 2 is 1.29 bits per heavy atom. The summed E-state index contributed by atoms with van der Waals surface area (Å²) in [6.07, 6.45) is -1.28. The van der Waals surface area contributed by atoms with Crippen LogP contribution in [0.2, 0.25) is 0 Å². The average molecular weight is 596 g/mol. The van der Waals surface area contributed by atoms with Crippen molar-refractivity contribution >= 4 is 24.2 Å². The lowest BCUT2D eigenvalue weighted by molar-refractivity contribution is -0.166. The molecular formula is C31H49NO10. The Morgan fingerprint density at radius 3 is 1.79 bits per heavy atom. The van der Waals surface area contributed by atoms with Crippen LogP contribution in [0.15, 0.2) is 18.2 Å². The molecule has 0 saturated heterocycles. The normalized spacial score (nSPS) is 13.9. The fourth-order valence-corrected chi connectivity index (χ4v) is 3.13. The second kappa shape index (κ2) is 16.3. The molecule has 0 aliphatic rings. The van der Waals surface area contributed by atoms with Gasteiger partial charge in [-0.1, -0.05) is 33.8 Å². The Balaban J connectivity index is 3.00. The highest BCUT2D eigenvalue weighted by atomic mass is 16.8. The lowest BCUT2D eigenvalue weighted by atomic mass is 10.1. The van der Waals surface area contributed by atoms with Gasteiger partial charge in [0, 0.05) is 6.42 Å². The van der Waals surface area contributed by atoms with Crippen LogP contribution in [0.3, 0.4) is 0 Å². The van der Waals surface area contributed by atoms with Gasteiger partial charge in [0.1, 0.15) is 29.5 Å². The summed E-state index contributed by atoms with van der Waals surface area (Å²) in [7, 11) is 0. The largest absolute Gasteiger partial charge is 0.514 e. The quantitative estimate of drug-likeness (QED) is 0.139. The number of ether oxygens (including phenoxy) is 6. The van der Waals surface area contributed by atoms with E-state index in [1.807, 2.05) is 27.7 Å². The zero-order valence-corrected chi connectivity index (χ0v) is 26.7. The molecule has 3 atom stereocenters. The van der Waals surface area contributed by atoms with Crippen molar-refractivity contribution in [2.75, 3.05) is 0 Å². The van der Waals surface area contributed by atoms with Gasteiger partial charge in [0.05, 0.1) is 0 Å². The molecule has 0 fully saturated rings. The first-order chi connectivity index (χ1) is 19.4. The molecule has 42 heavy (non-hydrogen) atoms. The lowest BCUT2D eigenvalue weighted by Gasteiger charge is -2.24. The first-order valence-electron chi connectivity index (χ1n) is 14.5. The van der Waals surface area contributed by atoms with E-state index in [2.05, 4.69) is 0 Å². The van der Waals surface area contributed by atoms with Crippen molar-refractivity contribution in [1.29, 1.82) is 0 Å². The predicted octanol–water partition coefficient (Wildman–Crippen LogP) is 6.26. The summed E-state index contributed by atoms with van der Waals surface area (Å²) in [5.74, 6) is -0.902. The molecule has 0 amide bonds. The molecule has 0 heterocycles. The minimum Gasteiger partial charge on any atom is -0.459 e. The van der Waals surface area contributed by atoms with E-state index < -0.39 is 47.7 Å². The maximum atomic E-state index is 12.7. The number of hydrogen-bond donors (Lipinski definition) is 1. The molecule has 0 aliphatic heterocycles. The van der Waals surface area contributed by atoms with Crippen molar-refractivity contribution < 1.29 is 47.6 Å². The van der Waals surface area contributed by atoms with Crippen molar-refractivity contribution in [3.63, 3.8) is 0 Å². The highest BCUT2D eigenvalue weighted by Gasteiger charge is 2.28. The van der Waals surface area contributed by atoms with Gasteiger partial charge in [-0.3, -0.25) is 9.59 Å². The van der Waals surface area contributed by atoms with Gasteiger partial charge in [-0.25, -0.2) is 9.59 Å². The Labute approximate surface area is 249 Å². The van der Waals surface area contributed by atoms with Crippen molar-refractivity contribution in [1.82, 2.24) is 0 Å². The molecule has 0 spiro atoms. The zero-order chi connectivity index (χ0) is 32.3. The smallest absolute Gasteiger partial charge is 0.459 e. The first kappa shape index (κ1) is 36.7. The zero-order valence-electron chi connectivity index (χ0n) is 26.7. The second-order valence-corrected chi connectivity index (χ2v) is 12.0. The van der Waals surface area contributed by atoms with E-state index >= 15 is 0 Å². The Bertz CT molecular complexity index is 1070. The molecule has 0 radical (unpaired) electrons. The predicted molar refractivity (Wildman–Crippen MR) is 156 cm³/mol. The third kappa shape index (κ3) is 13.5. The summed E-state index contributed by atoms with van der Waals surface area (Å²) in [6, 6.07) is 3.31. The van der Waals surface area contributed by atoms with Crippen molar-refractivity contribution in [2.24, 2.45) is 11.7 Å². The summed E-state index contributed by atoms with van der Waals surface area (Å²) in [5, 5.41) is 0. The summed E-state index contributed by atoms with van der Waals surface area (Å²) < 4.78 is 32.2. The van der Waals surface area contributed by atoms with Crippen LogP contribution >= 0.6 is 0 Å². The van der Waals surface area contributed by atoms with Gasteiger partial charge >= 0.3 is 24.2 Å². The molecule has 11 heteroatoms. The van der Waals surface area contributed by atoms with Crippen LogP contribution in [-0.4, -0.2) is 53.7 Å². The standard InChI is InChI=1S/C31H49NO10/c1-11-30(7,8)41-28(35)39-24-15-14-22(18-25(24)40-29(36)42-31(9,10)12-2)17-23(32)27(34)38-21(6)20(5)37-26(33)16-13-19(3)4/h14-15,18-21,23H,11-13,16-17,32H2,1-10H3/t20-,21-,23-/m0/s1. The van der Waals surface area contributed by atoms with E-state index in [1.165, 1.54) is 12.1 Å². The van der Waals surface area contributed by atoms with E-state index in [-0.39, 0.29) is 30.3 Å². The fourth-order valence-electron chi connectivity index (χ4n) is 3.13. The molecule has 2 N–H and O–H groups in total. The van der Waals surface area contributed by atoms with E-state index in [9.17, 15) is 19.2 Å². The van der Waals surface area contributed by atoms with E-state index in [1.54, 1.807) is 47.6 Å². The first-order valence-corrected chi connectivity index (χ1v) is 14.5. The molecule has 11 nitrogen and oxygen atoms in total. The molecule has 0 aliphatic carbocycles. The maximum Gasteiger partial charge on any atom is 0.514 e. The van der Waals surface area contributed by atoms with Gasteiger partial charge in [-0.2, -0.15) is 0 Å². The molecular weight excluding hydrogens is 546 g/mol. The monoisotopic (exact) mass is 595 g/mol. The summed E-state index contributed by atoms with van der Waals surface area (Å²) >= 11 is 0. The lowest BCUT2D eigenvalue weighted by Crippen LogP contribution is -2.39. The van der Waals surface area contributed by atoms with Crippen LogP contribution in [0.25, 0.3) is 0 Å². The molecule has 0 saturated carbocycles. The Kier molecular flexibility index (Phi) is 14.3. The van der Waals surface area contributed by atoms with E-state index in [4.69, 9.17) is 34.2 Å². The van der Waals surface area contributed by atoms with Gasteiger partial charge in [0.2, 0.25) is 0 Å². The highest BCUT2D eigenvalue weighted by Crippen LogP contribution is 2.31. The molecule has 0 aromatic heterocycles. The third-order valence-corrected chi connectivity index (χ3v) is 6.78. The van der Waals surface area contributed by atoms with Gasteiger partial charge in [-0.15, -0.1) is 0 Å². The molecule has 1 aromatic carbocycles. The number of nitrogens with two attached hydrogens (primary N) is 1. The number of carbonyl (C=O) groups is 4. The summed E-state index contributed by atoms with van der Waals surface area (Å²) in [6.45, 7) is 17.9. The molecule has 1 rings (SSSR count). The Hall–Kier alpha value is -3.34. The van der Waals surface area contributed by atoms with Crippen molar-refractivity contribution in [3.05, 3.63) is 23.8 Å². The molecule has 0 bridgehead atoms. The summed E-state index contributed by atoms with van der Waals surface area (Å²) in [4.78, 5) is 49.7. The maximum absolute atomic E-state index is 12.7. The van der Waals surface area contributed by atoms with Crippen molar-refractivity contribution in [3.8, 4) is 11.5 Å². The second-order valence-electron chi connectivity index (χ2n) is 12.0. The summed E-state index contributed by atoms with van der Waals surface area (Å²) in [5.41, 5.74) is 5.05. The van der Waals surface area contributed by atoms with Crippen LogP contribution in [-0.2, 0) is 35.0 Å². The highest BCUT2D eigenvalue weighted by molar-refractivity contribution is 5.76. The number of hydrogen-bond acceptors (Lipinski definition) is 11. The number of benzene rings is 1. The van der Waals surface area contributed by atoms with Gasteiger partial charge < -0.3 is 34.2 Å². The minimum atomic E-state index is -1.09. The van der Waals surface area contributed by atoms with Crippen LogP contribution in [0, 0.1) is 5.92 Å². The van der Waals surface area contributed by atoms with Gasteiger partial charge in [0.15, 0.2) is 11.5 Å². The number of rotatable bonds is 15. The number of esters is 2. The van der Waals surface area contributed by atoms with Gasteiger partial charge in [-0.05, 0) is 90.8 Å². The topological polar surface area (TPSA) is 150 Å².